The molecule has 0 radical (unpaired) electrons. The summed E-state index contributed by atoms with van der Waals surface area (Å²) in [7, 11) is -1.53. The molecule has 0 N–H and O–H groups in total. The lowest BCUT2D eigenvalue weighted by molar-refractivity contribution is 0.222. The minimum Gasteiger partial charge on any atom is -0.338 e. The number of aromatic nitrogens is 3. The Hall–Kier alpha value is -1.98. The number of hydrogen-bond donors (Lipinski definition) is 0. The van der Waals surface area contributed by atoms with Crippen molar-refractivity contribution in [3.63, 3.8) is 0 Å². The van der Waals surface area contributed by atoms with Crippen molar-refractivity contribution in [1.82, 2.24) is 24.3 Å². The van der Waals surface area contributed by atoms with Gasteiger partial charge in [-0.15, -0.1) is 0 Å². The van der Waals surface area contributed by atoms with Gasteiger partial charge in [0.2, 0.25) is 21.7 Å². The summed E-state index contributed by atoms with van der Waals surface area (Å²) < 4.78 is 32.3. The molecule has 0 unspecified atom stereocenters. The fourth-order valence-corrected chi connectivity index (χ4v) is 5.25. The van der Waals surface area contributed by atoms with Gasteiger partial charge in [0.15, 0.2) is 0 Å². The van der Waals surface area contributed by atoms with Crippen LogP contribution in [0.15, 0.2) is 57.0 Å². The Labute approximate surface area is 184 Å². The van der Waals surface area contributed by atoms with Crippen LogP contribution in [0.4, 0.5) is 0 Å². The highest BCUT2D eigenvalue weighted by atomic mass is 35.5. The second kappa shape index (κ2) is 9.03. The molecule has 1 aliphatic heterocycles. The smallest absolute Gasteiger partial charge is 0.244 e. The Morgan fingerprint density at radius 3 is 2.60 bits per heavy atom. The molecule has 0 atom stereocenters. The van der Waals surface area contributed by atoms with E-state index in [1.165, 1.54) is 22.3 Å². The van der Waals surface area contributed by atoms with Gasteiger partial charge in [0.05, 0.1) is 15.8 Å². The molecule has 0 amide bonds. The molecular weight excluding hydrogens is 446 g/mol. The monoisotopic (exact) mass is 465 g/mol. The van der Waals surface area contributed by atoms with Crippen LogP contribution < -0.4 is 0 Å². The van der Waals surface area contributed by atoms with E-state index >= 15 is 0 Å². The highest BCUT2D eigenvalue weighted by Gasteiger charge is 2.27. The summed E-state index contributed by atoms with van der Waals surface area (Å²) in [5.74, 6) is 1.28. The van der Waals surface area contributed by atoms with E-state index in [-0.39, 0.29) is 4.90 Å². The van der Waals surface area contributed by atoms with E-state index in [1.807, 2.05) is 25.2 Å². The predicted octanol–water partition coefficient (Wildman–Crippen LogP) is 3.01. The molecule has 0 bridgehead atoms. The average Bonchev–Trinajstić information content (AvgIpc) is 3.22. The van der Waals surface area contributed by atoms with Crippen LogP contribution in [0.25, 0.3) is 11.4 Å². The zero-order valence-corrected chi connectivity index (χ0v) is 18.6. The number of benzene rings is 1. The minimum atomic E-state index is -3.52. The predicted molar refractivity (Wildman–Crippen MR) is 115 cm³/mol. The first kappa shape index (κ1) is 21.3. The maximum Gasteiger partial charge on any atom is 0.244 e. The molecule has 0 aliphatic carbocycles. The molecule has 158 valence electrons. The van der Waals surface area contributed by atoms with E-state index in [4.69, 9.17) is 16.1 Å². The summed E-state index contributed by atoms with van der Waals surface area (Å²) in [6, 6.07) is 10.6. The lowest BCUT2D eigenvalue weighted by Crippen LogP contribution is -2.47. The Bertz CT molecular complexity index is 1110. The van der Waals surface area contributed by atoms with Crippen LogP contribution in [0.3, 0.4) is 0 Å². The highest BCUT2D eigenvalue weighted by molar-refractivity contribution is 7.98. The molecule has 3 aromatic rings. The molecule has 30 heavy (non-hydrogen) atoms. The first-order valence-corrected chi connectivity index (χ1v) is 12.1. The van der Waals surface area contributed by atoms with E-state index in [9.17, 15) is 8.42 Å². The van der Waals surface area contributed by atoms with Crippen molar-refractivity contribution in [2.75, 3.05) is 33.2 Å². The summed E-state index contributed by atoms with van der Waals surface area (Å²) >= 11 is 7.55. The number of hydrogen-bond acceptors (Lipinski definition) is 8. The summed E-state index contributed by atoms with van der Waals surface area (Å²) in [4.78, 5) is 11.0. The third kappa shape index (κ3) is 4.68. The number of thioether (sulfide) groups is 1. The van der Waals surface area contributed by atoms with Crippen molar-refractivity contribution in [3.05, 3.63) is 53.5 Å². The molecule has 1 fully saturated rings. The van der Waals surface area contributed by atoms with Crippen LogP contribution >= 0.6 is 23.4 Å². The van der Waals surface area contributed by atoms with Crippen LogP contribution in [0.1, 0.15) is 5.89 Å². The molecule has 8 nitrogen and oxygen atoms in total. The standard InChI is InChI=1S/C19H20ClN5O3S2/c1-24-8-10-25(11-9-24)30(26,27)14-6-7-18(21-12-14)29-13-17-22-19(23-28-17)15-4-2-3-5-16(15)20/h2-7,12H,8-11,13H2,1H3. The van der Waals surface area contributed by atoms with Gasteiger partial charge < -0.3 is 9.42 Å². The van der Waals surface area contributed by atoms with Crippen molar-refractivity contribution >= 4 is 33.4 Å². The zero-order valence-electron chi connectivity index (χ0n) is 16.2. The highest BCUT2D eigenvalue weighted by Crippen LogP contribution is 2.27. The Balaban J connectivity index is 1.39. The SMILES string of the molecule is CN1CCN(S(=O)(=O)c2ccc(SCc3nc(-c4ccccc4Cl)no3)nc2)CC1. The molecule has 2 aromatic heterocycles. The third-order valence-electron chi connectivity index (χ3n) is 4.74. The number of pyridine rings is 1. The van der Waals surface area contributed by atoms with Crippen molar-refractivity contribution in [1.29, 1.82) is 0 Å². The molecule has 4 rings (SSSR count). The Morgan fingerprint density at radius 1 is 1.13 bits per heavy atom. The van der Waals surface area contributed by atoms with Crippen LogP contribution in [0, 0.1) is 0 Å². The molecule has 3 heterocycles. The van der Waals surface area contributed by atoms with Crippen LogP contribution in [-0.2, 0) is 15.8 Å². The minimum absolute atomic E-state index is 0.204. The fourth-order valence-electron chi connectivity index (χ4n) is 2.98. The van der Waals surface area contributed by atoms with Gasteiger partial charge in [-0.3, -0.25) is 0 Å². The fraction of sp³-hybridized carbons (Fsp3) is 0.316. The first-order valence-electron chi connectivity index (χ1n) is 9.28. The second-order valence-corrected chi connectivity index (χ2v) is 10.2. The number of piperazine rings is 1. The summed E-state index contributed by atoms with van der Waals surface area (Å²) in [6.07, 6.45) is 1.40. The van der Waals surface area contributed by atoms with Crippen molar-refractivity contribution in [2.24, 2.45) is 0 Å². The van der Waals surface area contributed by atoms with Crippen LogP contribution in [-0.4, -0.2) is 66.0 Å². The Kier molecular flexibility index (Phi) is 6.40. The molecule has 0 saturated carbocycles. The second-order valence-electron chi connectivity index (χ2n) is 6.82. The zero-order chi connectivity index (χ0) is 21.1. The van der Waals surface area contributed by atoms with Crippen molar-refractivity contribution in [2.45, 2.75) is 15.7 Å². The molecule has 0 spiro atoms. The van der Waals surface area contributed by atoms with Gasteiger partial charge >= 0.3 is 0 Å². The summed E-state index contributed by atoms with van der Waals surface area (Å²) in [5.41, 5.74) is 0.704. The quantitative estimate of drug-likeness (QED) is 0.513. The van der Waals surface area contributed by atoms with Gasteiger partial charge in [-0.05, 0) is 31.3 Å². The molecular formula is C19H20ClN5O3S2. The van der Waals surface area contributed by atoms with Gasteiger partial charge in [-0.25, -0.2) is 13.4 Å². The van der Waals surface area contributed by atoms with E-state index in [0.717, 1.165) is 13.1 Å². The first-order chi connectivity index (χ1) is 14.4. The molecule has 1 saturated heterocycles. The number of nitrogens with zero attached hydrogens (tertiary/aromatic N) is 5. The maximum atomic E-state index is 12.8. The van der Waals surface area contributed by atoms with Gasteiger partial charge in [0.1, 0.15) is 4.90 Å². The summed E-state index contributed by atoms with van der Waals surface area (Å²) in [5, 5.41) is 5.19. The van der Waals surface area contributed by atoms with Gasteiger partial charge in [0, 0.05) is 37.9 Å². The number of halogens is 1. The maximum absolute atomic E-state index is 12.8. The van der Waals surface area contributed by atoms with Gasteiger partial charge in [-0.2, -0.15) is 9.29 Å². The number of rotatable bonds is 6. The average molecular weight is 466 g/mol. The summed E-state index contributed by atoms with van der Waals surface area (Å²) in [6.45, 7) is 2.42. The number of likely N-dealkylation sites (N-methyl/N-ethyl adjacent to an activating group) is 1. The number of sulfonamides is 1. The van der Waals surface area contributed by atoms with Crippen LogP contribution in [0.5, 0.6) is 0 Å². The molecule has 11 heteroatoms. The van der Waals surface area contributed by atoms with Crippen LogP contribution in [0.2, 0.25) is 5.02 Å². The Morgan fingerprint density at radius 2 is 1.90 bits per heavy atom. The van der Waals surface area contributed by atoms with E-state index < -0.39 is 10.0 Å². The van der Waals surface area contributed by atoms with E-state index in [1.54, 1.807) is 18.2 Å². The van der Waals surface area contributed by atoms with Gasteiger partial charge in [0.25, 0.3) is 0 Å². The molecule has 1 aliphatic rings. The van der Waals surface area contributed by atoms with Crippen molar-refractivity contribution < 1.29 is 12.9 Å². The van der Waals surface area contributed by atoms with Gasteiger partial charge in [-0.1, -0.05) is 40.7 Å². The molecule has 1 aromatic carbocycles. The normalized spacial score (nSPS) is 16.1. The lowest BCUT2D eigenvalue weighted by Gasteiger charge is -2.31. The third-order valence-corrected chi connectivity index (χ3v) is 7.88. The largest absolute Gasteiger partial charge is 0.338 e. The van der Waals surface area contributed by atoms with E-state index in [0.29, 0.717) is 46.2 Å². The van der Waals surface area contributed by atoms with E-state index in [2.05, 4.69) is 20.0 Å². The topological polar surface area (TPSA) is 92.4 Å². The lowest BCUT2D eigenvalue weighted by atomic mass is 10.2. The van der Waals surface area contributed by atoms with Crippen molar-refractivity contribution in [3.8, 4) is 11.4 Å².